The third kappa shape index (κ3) is 5.26. The van der Waals surface area contributed by atoms with Crippen molar-refractivity contribution < 1.29 is 31.0 Å². The summed E-state index contributed by atoms with van der Waals surface area (Å²) in [5, 5.41) is 0. The number of unbranched alkanes of at least 4 members (excludes halogenated alkanes) is 1. The fraction of sp³-hybridized carbons (Fsp3) is 0.571. The van der Waals surface area contributed by atoms with Crippen molar-refractivity contribution in [2.75, 3.05) is 5.75 Å². The molecule has 0 saturated heterocycles. The minimum absolute atomic E-state index is 0. The van der Waals surface area contributed by atoms with Gasteiger partial charge in [0.05, 0.1) is 4.21 Å². The van der Waals surface area contributed by atoms with Gasteiger partial charge in [-0.2, -0.15) is 0 Å². The maximum atomic E-state index is 4.02. The molecular weight excluding hydrogens is 185 g/mol. The van der Waals surface area contributed by atoms with Crippen molar-refractivity contribution in [1.82, 2.24) is 4.37 Å². The Balaban J connectivity index is 0. The van der Waals surface area contributed by atoms with E-state index in [2.05, 4.69) is 17.4 Å². The standard InChI is InChI=1S/C7H11NS2.Na.H/c1-2-3-6-9-7-4-5-8-10-7;;/h4-5H,2-3,6H2,1H3;;/q;+1;-1. The second-order valence-electron chi connectivity index (χ2n) is 2.03. The van der Waals surface area contributed by atoms with Crippen LogP contribution in [-0.4, -0.2) is 10.1 Å². The van der Waals surface area contributed by atoms with Gasteiger partial charge in [0.2, 0.25) is 0 Å². The maximum absolute atomic E-state index is 4.02. The van der Waals surface area contributed by atoms with E-state index in [9.17, 15) is 0 Å². The predicted molar refractivity (Wildman–Crippen MR) is 48.9 cm³/mol. The Kier molecular flexibility index (Phi) is 8.30. The van der Waals surface area contributed by atoms with Crippen molar-refractivity contribution >= 4 is 23.3 Å². The molecule has 4 heteroatoms. The Morgan fingerprint density at radius 2 is 2.55 bits per heavy atom. The molecule has 0 radical (unpaired) electrons. The molecule has 0 fully saturated rings. The molecule has 1 nitrogen and oxygen atoms in total. The van der Waals surface area contributed by atoms with E-state index in [0.717, 1.165) is 0 Å². The summed E-state index contributed by atoms with van der Waals surface area (Å²) in [6.45, 7) is 2.22. The molecule has 0 amide bonds. The Bertz CT molecular complexity index is 170. The average molecular weight is 197 g/mol. The molecule has 0 saturated carbocycles. The van der Waals surface area contributed by atoms with Gasteiger partial charge in [-0.15, -0.1) is 11.8 Å². The van der Waals surface area contributed by atoms with Crippen LogP contribution in [0.3, 0.4) is 0 Å². The molecular formula is C7H12NNaS2. The summed E-state index contributed by atoms with van der Waals surface area (Å²) >= 11 is 3.49. The van der Waals surface area contributed by atoms with E-state index in [0.29, 0.717) is 0 Å². The van der Waals surface area contributed by atoms with Crippen LogP contribution < -0.4 is 29.6 Å². The van der Waals surface area contributed by atoms with E-state index in [1.165, 1.54) is 22.8 Å². The zero-order valence-electron chi connectivity index (χ0n) is 8.04. The molecule has 0 unspecified atom stereocenters. The van der Waals surface area contributed by atoms with Gasteiger partial charge in [0.1, 0.15) is 0 Å². The van der Waals surface area contributed by atoms with Crippen molar-refractivity contribution in [2.24, 2.45) is 0 Å². The van der Waals surface area contributed by atoms with Crippen LogP contribution in [0.15, 0.2) is 16.5 Å². The summed E-state index contributed by atoms with van der Waals surface area (Å²) in [7, 11) is 0. The molecule has 1 rings (SSSR count). The monoisotopic (exact) mass is 197 g/mol. The van der Waals surface area contributed by atoms with Crippen LogP contribution in [0.5, 0.6) is 0 Å². The van der Waals surface area contributed by atoms with E-state index in [-0.39, 0.29) is 31.0 Å². The van der Waals surface area contributed by atoms with Crippen LogP contribution in [0.4, 0.5) is 0 Å². The number of hydrogen-bond acceptors (Lipinski definition) is 3. The van der Waals surface area contributed by atoms with Gasteiger partial charge < -0.3 is 1.43 Å². The molecule has 1 aromatic rings. The first-order chi connectivity index (χ1) is 4.93. The smallest absolute Gasteiger partial charge is 1.00 e. The van der Waals surface area contributed by atoms with Gasteiger partial charge >= 0.3 is 29.6 Å². The van der Waals surface area contributed by atoms with Gasteiger partial charge in [-0.3, -0.25) is 0 Å². The average Bonchev–Trinajstić information content (AvgIpc) is 2.41. The summed E-state index contributed by atoms with van der Waals surface area (Å²) in [5.41, 5.74) is 0. The summed E-state index contributed by atoms with van der Waals surface area (Å²) in [6, 6.07) is 2.07. The van der Waals surface area contributed by atoms with Crippen LogP contribution in [0.1, 0.15) is 21.2 Å². The third-order valence-corrected chi connectivity index (χ3v) is 3.19. The van der Waals surface area contributed by atoms with E-state index >= 15 is 0 Å². The SMILES string of the molecule is CCCCSc1ccns1.[H-].[Na+]. The number of aromatic nitrogens is 1. The normalized spacial score (nSPS) is 9.18. The van der Waals surface area contributed by atoms with Gasteiger partial charge in [0.15, 0.2) is 0 Å². The van der Waals surface area contributed by atoms with Crippen LogP contribution in [0.25, 0.3) is 0 Å². The third-order valence-electron chi connectivity index (χ3n) is 1.16. The zero-order chi connectivity index (χ0) is 7.23. The molecule has 0 aliphatic heterocycles. The van der Waals surface area contributed by atoms with Crippen molar-refractivity contribution in [3.05, 3.63) is 12.3 Å². The summed E-state index contributed by atoms with van der Waals surface area (Å²) in [6.07, 6.45) is 4.45. The topological polar surface area (TPSA) is 12.9 Å². The minimum Gasteiger partial charge on any atom is -1.00 e. The first-order valence-electron chi connectivity index (χ1n) is 3.47. The van der Waals surface area contributed by atoms with Gasteiger partial charge in [0, 0.05) is 6.20 Å². The predicted octanol–water partition coefficient (Wildman–Crippen LogP) is 0.152. The van der Waals surface area contributed by atoms with Gasteiger partial charge in [-0.25, -0.2) is 4.37 Å². The Morgan fingerprint density at radius 3 is 3.09 bits per heavy atom. The molecule has 0 bridgehead atoms. The van der Waals surface area contributed by atoms with Gasteiger partial charge in [-0.1, -0.05) is 13.3 Å². The second kappa shape index (κ2) is 7.62. The first-order valence-corrected chi connectivity index (χ1v) is 5.23. The quantitative estimate of drug-likeness (QED) is 0.387. The minimum atomic E-state index is 0. The molecule has 0 N–H and O–H groups in total. The number of rotatable bonds is 4. The van der Waals surface area contributed by atoms with Crippen molar-refractivity contribution in [2.45, 2.75) is 24.0 Å². The summed E-state index contributed by atoms with van der Waals surface area (Å²) < 4.78 is 5.36. The second-order valence-corrected chi connectivity index (χ2v) is 4.26. The van der Waals surface area contributed by atoms with Gasteiger partial charge in [-0.05, 0) is 29.8 Å². The molecule has 1 aromatic heterocycles. The number of thioether (sulfide) groups is 1. The molecule has 0 aliphatic carbocycles. The first kappa shape index (κ1) is 12.0. The molecule has 0 aliphatic rings. The Hall–Kier alpha value is 0.980. The Morgan fingerprint density at radius 1 is 1.73 bits per heavy atom. The summed E-state index contributed by atoms with van der Waals surface area (Å²) in [5.74, 6) is 1.23. The van der Waals surface area contributed by atoms with Crippen LogP contribution in [0.2, 0.25) is 0 Å². The van der Waals surface area contributed by atoms with Crippen molar-refractivity contribution in [1.29, 1.82) is 0 Å². The molecule has 1 heterocycles. The van der Waals surface area contributed by atoms with Crippen molar-refractivity contribution in [3.8, 4) is 0 Å². The molecule has 0 atom stereocenters. The summed E-state index contributed by atoms with van der Waals surface area (Å²) in [4.78, 5) is 0. The van der Waals surface area contributed by atoms with E-state index in [1.807, 2.05) is 18.0 Å². The van der Waals surface area contributed by atoms with Crippen LogP contribution in [0, 0.1) is 0 Å². The molecule has 58 valence electrons. The largest absolute Gasteiger partial charge is 1.00 e. The van der Waals surface area contributed by atoms with Gasteiger partial charge in [0.25, 0.3) is 0 Å². The fourth-order valence-electron chi connectivity index (χ4n) is 0.596. The van der Waals surface area contributed by atoms with E-state index in [4.69, 9.17) is 0 Å². The van der Waals surface area contributed by atoms with E-state index < -0.39 is 0 Å². The Labute approximate surface area is 99.9 Å². The number of nitrogens with zero attached hydrogens (tertiary/aromatic N) is 1. The van der Waals surface area contributed by atoms with E-state index in [1.54, 1.807) is 11.5 Å². The van der Waals surface area contributed by atoms with Crippen molar-refractivity contribution in [3.63, 3.8) is 0 Å². The molecule has 0 spiro atoms. The number of hydrogen-bond donors (Lipinski definition) is 0. The molecule has 11 heavy (non-hydrogen) atoms. The van der Waals surface area contributed by atoms with Crippen LogP contribution >= 0.6 is 23.3 Å². The fourth-order valence-corrected chi connectivity index (χ4v) is 2.32. The van der Waals surface area contributed by atoms with Crippen LogP contribution in [-0.2, 0) is 0 Å². The zero-order valence-corrected chi connectivity index (χ0v) is 10.7. The molecule has 0 aromatic carbocycles. The maximum Gasteiger partial charge on any atom is 1.00 e.